The van der Waals surface area contributed by atoms with Crippen LogP contribution in [0, 0.1) is 5.82 Å². The van der Waals surface area contributed by atoms with E-state index >= 15 is 0 Å². The van der Waals surface area contributed by atoms with Crippen LogP contribution in [0.1, 0.15) is 34.8 Å². The van der Waals surface area contributed by atoms with E-state index in [1.54, 1.807) is 12.3 Å². The lowest BCUT2D eigenvalue weighted by Gasteiger charge is -2.10. The number of anilines is 1. The molecule has 0 bridgehead atoms. The molecule has 1 aliphatic rings. The van der Waals surface area contributed by atoms with E-state index < -0.39 is 5.82 Å². The van der Waals surface area contributed by atoms with Gasteiger partial charge in [0, 0.05) is 23.9 Å². The number of aromatic nitrogens is 1. The number of carbonyl (C=O) groups excluding carboxylic acids is 1. The van der Waals surface area contributed by atoms with Crippen LogP contribution in [0.25, 0.3) is 0 Å². The van der Waals surface area contributed by atoms with Gasteiger partial charge in [-0.2, -0.15) is 0 Å². The van der Waals surface area contributed by atoms with Crippen LogP contribution >= 0.6 is 0 Å². The lowest BCUT2D eigenvalue weighted by Crippen LogP contribution is -2.13. The molecule has 0 aliphatic heterocycles. The van der Waals surface area contributed by atoms with Crippen LogP contribution in [0.5, 0.6) is 5.75 Å². The van der Waals surface area contributed by atoms with E-state index in [4.69, 9.17) is 4.74 Å². The molecule has 1 amide bonds. The van der Waals surface area contributed by atoms with Crippen molar-refractivity contribution in [2.75, 3.05) is 12.4 Å². The predicted molar refractivity (Wildman–Crippen MR) is 77.1 cm³/mol. The smallest absolute Gasteiger partial charge is 0.257 e. The molecule has 1 aromatic heterocycles. The van der Waals surface area contributed by atoms with Crippen molar-refractivity contribution in [2.45, 2.75) is 18.8 Å². The molecule has 4 nitrogen and oxygen atoms in total. The second-order valence-corrected chi connectivity index (χ2v) is 5.04. The van der Waals surface area contributed by atoms with Crippen molar-refractivity contribution in [3.8, 4) is 5.75 Å². The lowest BCUT2D eigenvalue weighted by atomic mass is 10.2. The van der Waals surface area contributed by atoms with Gasteiger partial charge in [0.1, 0.15) is 11.6 Å². The Morgan fingerprint density at radius 1 is 1.33 bits per heavy atom. The molecule has 1 N–H and O–H groups in total. The largest absolute Gasteiger partial charge is 0.494 e. The second-order valence-electron chi connectivity index (χ2n) is 5.04. The fraction of sp³-hybridized carbons (Fsp3) is 0.250. The predicted octanol–water partition coefficient (Wildman–Crippen LogP) is 3.36. The molecule has 108 valence electrons. The average molecular weight is 286 g/mol. The molecule has 1 saturated carbocycles. The zero-order chi connectivity index (χ0) is 14.8. The Morgan fingerprint density at radius 2 is 2.14 bits per heavy atom. The number of hydrogen-bond donors (Lipinski definition) is 1. The number of hydrogen-bond acceptors (Lipinski definition) is 3. The number of nitrogens with one attached hydrogen (secondary N) is 1. The van der Waals surface area contributed by atoms with Crippen LogP contribution in [-0.4, -0.2) is 18.0 Å². The summed E-state index contributed by atoms with van der Waals surface area (Å²) in [5.41, 5.74) is 1.92. The average Bonchev–Trinajstić information content (AvgIpc) is 3.34. The van der Waals surface area contributed by atoms with E-state index in [1.165, 1.54) is 38.2 Å². The number of methoxy groups -OCH3 is 1. The van der Waals surface area contributed by atoms with Crippen molar-refractivity contribution in [1.29, 1.82) is 0 Å². The molecular formula is C16H15FN2O2. The van der Waals surface area contributed by atoms with Gasteiger partial charge in [-0.25, -0.2) is 4.39 Å². The van der Waals surface area contributed by atoms with Crippen LogP contribution in [-0.2, 0) is 0 Å². The van der Waals surface area contributed by atoms with E-state index in [0.717, 1.165) is 5.69 Å². The van der Waals surface area contributed by atoms with E-state index in [2.05, 4.69) is 10.3 Å². The number of pyridine rings is 1. The molecule has 1 heterocycles. The summed E-state index contributed by atoms with van der Waals surface area (Å²) >= 11 is 0. The molecule has 0 atom stereocenters. The normalized spacial score (nSPS) is 13.8. The second kappa shape index (κ2) is 5.52. The zero-order valence-corrected chi connectivity index (χ0v) is 11.6. The lowest BCUT2D eigenvalue weighted by molar-refractivity contribution is 0.102. The SMILES string of the molecule is COc1cc(F)ccc1NC(=O)c1ccc(C2CC2)nc1. The van der Waals surface area contributed by atoms with Gasteiger partial charge in [0.25, 0.3) is 5.91 Å². The highest BCUT2D eigenvalue weighted by Gasteiger charge is 2.24. The summed E-state index contributed by atoms with van der Waals surface area (Å²) < 4.78 is 18.2. The topological polar surface area (TPSA) is 51.2 Å². The van der Waals surface area contributed by atoms with Crippen molar-refractivity contribution in [3.05, 3.63) is 53.6 Å². The van der Waals surface area contributed by atoms with Crippen LogP contribution in [0.4, 0.5) is 10.1 Å². The van der Waals surface area contributed by atoms with Crippen LogP contribution in [0.2, 0.25) is 0 Å². The standard InChI is InChI=1S/C16H15FN2O2/c1-21-15-8-12(17)5-7-14(15)19-16(20)11-4-6-13(18-9-11)10-2-3-10/h4-10H,2-3H2,1H3,(H,19,20). The Kier molecular flexibility index (Phi) is 3.56. The number of carbonyl (C=O) groups is 1. The highest BCUT2D eigenvalue weighted by Crippen LogP contribution is 2.38. The van der Waals surface area contributed by atoms with E-state index in [1.807, 2.05) is 6.07 Å². The molecule has 3 rings (SSSR count). The summed E-state index contributed by atoms with van der Waals surface area (Å²) in [6, 6.07) is 7.61. The molecular weight excluding hydrogens is 271 g/mol. The molecule has 5 heteroatoms. The van der Waals surface area contributed by atoms with Gasteiger partial charge in [-0.3, -0.25) is 9.78 Å². The molecule has 21 heavy (non-hydrogen) atoms. The van der Waals surface area contributed by atoms with Gasteiger partial charge < -0.3 is 10.1 Å². The maximum Gasteiger partial charge on any atom is 0.257 e. The maximum absolute atomic E-state index is 13.1. The summed E-state index contributed by atoms with van der Waals surface area (Å²) in [6.07, 6.45) is 3.91. The van der Waals surface area contributed by atoms with E-state index in [-0.39, 0.29) is 11.7 Å². The third-order valence-electron chi connectivity index (χ3n) is 3.46. The molecule has 0 radical (unpaired) electrons. The molecule has 1 fully saturated rings. The van der Waals surface area contributed by atoms with Gasteiger partial charge in [-0.05, 0) is 37.1 Å². The third-order valence-corrected chi connectivity index (χ3v) is 3.46. The summed E-state index contributed by atoms with van der Waals surface area (Å²) in [5.74, 6) is 0.125. The Labute approximate surface area is 122 Å². The van der Waals surface area contributed by atoms with Gasteiger partial charge in [0.2, 0.25) is 0 Å². The minimum absolute atomic E-state index is 0.283. The summed E-state index contributed by atoms with van der Waals surface area (Å²) in [4.78, 5) is 16.5. The fourth-order valence-electron chi connectivity index (χ4n) is 2.12. The number of amides is 1. The Hall–Kier alpha value is -2.43. The summed E-state index contributed by atoms with van der Waals surface area (Å²) in [7, 11) is 1.43. The Balaban J connectivity index is 1.76. The minimum Gasteiger partial charge on any atom is -0.494 e. The first kappa shape index (κ1) is 13.5. The van der Waals surface area contributed by atoms with E-state index in [0.29, 0.717) is 17.2 Å². The summed E-state index contributed by atoms with van der Waals surface area (Å²) in [6.45, 7) is 0. The number of benzene rings is 1. The van der Waals surface area contributed by atoms with E-state index in [9.17, 15) is 9.18 Å². The Morgan fingerprint density at radius 3 is 2.76 bits per heavy atom. The maximum atomic E-state index is 13.1. The fourth-order valence-corrected chi connectivity index (χ4v) is 2.12. The van der Waals surface area contributed by atoms with Crippen molar-refractivity contribution < 1.29 is 13.9 Å². The van der Waals surface area contributed by atoms with Crippen molar-refractivity contribution in [1.82, 2.24) is 4.98 Å². The quantitative estimate of drug-likeness (QED) is 0.937. The monoisotopic (exact) mass is 286 g/mol. The molecule has 0 saturated heterocycles. The molecule has 1 aromatic carbocycles. The van der Waals surface area contributed by atoms with Crippen LogP contribution < -0.4 is 10.1 Å². The minimum atomic E-state index is -0.416. The molecule has 1 aliphatic carbocycles. The number of nitrogens with zero attached hydrogens (tertiary/aromatic N) is 1. The number of ether oxygens (including phenoxy) is 1. The van der Waals surface area contributed by atoms with Crippen molar-refractivity contribution in [3.63, 3.8) is 0 Å². The third kappa shape index (κ3) is 3.02. The van der Waals surface area contributed by atoms with Crippen LogP contribution in [0.3, 0.4) is 0 Å². The summed E-state index contributed by atoms with van der Waals surface area (Å²) in [5, 5.41) is 2.70. The molecule has 2 aromatic rings. The number of halogens is 1. The van der Waals surface area contributed by atoms with Crippen molar-refractivity contribution in [2.24, 2.45) is 0 Å². The highest BCUT2D eigenvalue weighted by atomic mass is 19.1. The zero-order valence-electron chi connectivity index (χ0n) is 11.6. The first-order valence-corrected chi connectivity index (χ1v) is 6.78. The van der Waals surface area contributed by atoms with Crippen molar-refractivity contribution >= 4 is 11.6 Å². The number of rotatable bonds is 4. The van der Waals surface area contributed by atoms with Gasteiger partial charge in [0.15, 0.2) is 0 Å². The van der Waals surface area contributed by atoms with Gasteiger partial charge in [-0.15, -0.1) is 0 Å². The van der Waals surface area contributed by atoms with Crippen LogP contribution in [0.15, 0.2) is 36.5 Å². The molecule has 0 unspecified atom stereocenters. The Bertz CT molecular complexity index is 666. The first-order valence-electron chi connectivity index (χ1n) is 6.78. The van der Waals surface area contributed by atoms with Gasteiger partial charge in [-0.1, -0.05) is 0 Å². The highest BCUT2D eigenvalue weighted by molar-refractivity contribution is 6.04. The first-order chi connectivity index (χ1) is 10.2. The van der Waals surface area contributed by atoms with Gasteiger partial charge >= 0.3 is 0 Å². The van der Waals surface area contributed by atoms with Gasteiger partial charge in [0.05, 0.1) is 18.4 Å². The molecule has 0 spiro atoms.